The average Bonchev–Trinajstić information content (AvgIpc) is 3.39. The lowest BCUT2D eigenvalue weighted by atomic mass is 10.1. The lowest BCUT2D eigenvalue weighted by Crippen LogP contribution is -2.05. The molecule has 1 saturated carbocycles. The van der Waals surface area contributed by atoms with E-state index < -0.39 is 5.97 Å². The van der Waals surface area contributed by atoms with Crippen LogP contribution in [0.5, 0.6) is 5.75 Å². The van der Waals surface area contributed by atoms with Crippen LogP contribution in [0.1, 0.15) is 24.0 Å². The molecule has 0 unspecified atom stereocenters. The Bertz CT molecular complexity index is 1020. The van der Waals surface area contributed by atoms with Crippen molar-refractivity contribution >= 4 is 34.5 Å². The van der Waals surface area contributed by atoms with Crippen molar-refractivity contribution in [3.8, 4) is 5.75 Å². The molecule has 0 saturated heterocycles. The van der Waals surface area contributed by atoms with E-state index in [4.69, 9.17) is 21.4 Å². The van der Waals surface area contributed by atoms with Gasteiger partial charge in [-0.15, -0.1) is 0 Å². The molecule has 4 nitrogen and oxygen atoms in total. The van der Waals surface area contributed by atoms with Gasteiger partial charge in [-0.05, 0) is 60.7 Å². The predicted molar refractivity (Wildman–Crippen MR) is 107 cm³/mol. The number of rotatable bonds is 7. The number of hydrogen-bond acceptors (Lipinski definition) is 2. The Labute approximate surface area is 162 Å². The highest BCUT2D eigenvalue weighted by molar-refractivity contribution is 6.30. The van der Waals surface area contributed by atoms with E-state index in [2.05, 4.69) is 4.57 Å². The summed E-state index contributed by atoms with van der Waals surface area (Å²) >= 11 is 6.22. The van der Waals surface area contributed by atoms with Crippen LogP contribution in [0, 0.1) is 5.92 Å². The normalized spacial score (nSPS) is 14.1. The first kappa shape index (κ1) is 17.7. The molecule has 1 N–H and O–H groups in total. The van der Waals surface area contributed by atoms with Crippen LogP contribution in [0.3, 0.4) is 0 Å². The molecule has 0 spiro atoms. The van der Waals surface area contributed by atoms with Crippen molar-refractivity contribution in [1.82, 2.24) is 4.57 Å². The number of benzene rings is 2. The maximum Gasteiger partial charge on any atom is 0.328 e. The van der Waals surface area contributed by atoms with Crippen LogP contribution in [-0.2, 0) is 11.3 Å². The van der Waals surface area contributed by atoms with Gasteiger partial charge in [0.1, 0.15) is 5.75 Å². The second-order valence-corrected chi connectivity index (χ2v) is 7.34. The quantitative estimate of drug-likeness (QED) is 0.570. The van der Waals surface area contributed by atoms with Gasteiger partial charge >= 0.3 is 5.97 Å². The van der Waals surface area contributed by atoms with Crippen LogP contribution in [0.4, 0.5) is 0 Å². The van der Waals surface area contributed by atoms with E-state index in [0.29, 0.717) is 17.5 Å². The minimum Gasteiger partial charge on any atom is -0.493 e. The highest BCUT2D eigenvalue weighted by atomic mass is 35.5. The van der Waals surface area contributed by atoms with Gasteiger partial charge in [0.25, 0.3) is 0 Å². The second-order valence-electron chi connectivity index (χ2n) is 6.90. The number of carboxylic acids is 1. The summed E-state index contributed by atoms with van der Waals surface area (Å²) in [5, 5.41) is 10.6. The highest BCUT2D eigenvalue weighted by Gasteiger charge is 2.22. The summed E-state index contributed by atoms with van der Waals surface area (Å²) < 4.78 is 8.15. The number of carboxylic acid groups (broad SMARTS) is 1. The molecular weight excluding hydrogens is 362 g/mol. The second kappa shape index (κ2) is 7.49. The first-order chi connectivity index (χ1) is 13.1. The zero-order chi connectivity index (χ0) is 18.8. The molecule has 0 bridgehead atoms. The Kier molecular flexibility index (Phi) is 4.90. The maximum absolute atomic E-state index is 10.8. The molecule has 0 radical (unpaired) electrons. The van der Waals surface area contributed by atoms with E-state index in [-0.39, 0.29) is 0 Å². The van der Waals surface area contributed by atoms with E-state index in [1.807, 2.05) is 48.7 Å². The van der Waals surface area contributed by atoms with Crippen LogP contribution in [0.25, 0.3) is 17.0 Å². The van der Waals surface area contributed by atoms with E-state index in [1.54, 1.807) is 6.08 Å². The van der Waals surface area contributed by atoms with Crippen molar-refractivity contribution in [2.45, 2.75) is 19.4 Å². The Morgan fingerprint density at radius 2 is 2.11 bits per heavy atom. The third kappa shape index (κ3) is 4.17. The van der Waals surface area contributed by atoms with Crippen LogP contribution >= 0.6 is 11.6 Å². The molecule has 2 aromatic carbocycles. The van der Waals surface area contributed by atoms with Crippen LogP contribution in [-0.4, -0.2) is 22.2 Å². The summed E-state index contributed by atoms with van der Waals surface area (Å²) in [6, 6.07) is 13.6. The molecule has 27 heavy (non-hydrogen) atoms. The molecule has 1 aromatic heterocycles. The summed E-state index contributed by atoms with van der Waals surface area (Å²) in [7, 11) is 0. The summed E-state index contributed by atoms with van der Waals surface area (Å²) in [6.07, 6.45) is 7.29. The smallest absolute Gasteiger partial charge is 0.328 e. The van der Waals surface area contributed by atoms with E-state index in [0.717, 1.165) is 40.5 Å². The molecule has 1 aliphatic rings. The standard InChI is InChI=1S/C22H20ClNO3/c23-18-7-8-21(27-14-15-4-5-15)17(12-18)13-24-11-10-19-16(6-9-22(25)26)2-1-3-20(19)24/h1-3,6-12,15H,4-5,13-14H2,(H,25,26)/b9-6+. The number of nitrogens with zero attached hydrogens (tertiary/aromatic N) is 1. The first-order valence-electron chi connectivity index (χ1n) is 9.00. The van der Waals surface area contributed by atoms with Gasteiger partial charge < -0.3 is 14.4 Å². The van der Waals surface area contributed by atoms with E-state index >= 15 is 0 Å². The van der Waals surface area contributed by atoms with Gasteiger partial charge in [0.05, 0.1) is 13.2 Å². The third-order valence-electron chi connectivity index (χ3n) is 4.79. The molecule has 0 aliphatic heterocycles. The number of fused-ring (bicyclic) bond motifs is 1. The highest BCUT2D eigenvalue weighted by Crippen LogP contribution is 2.32. The van der Waals surface area contributed by atoms with Gasteiger partial charge in [-0.1, -0.05) is 23.7 Å². The molecule has 0 amide bonds. The molecule has 4 rings (SSSR count). The number of halogens is 1. The molecule has 138 valence electrons. The topological polar surface area (TPSA) is 51.5 Å². The predicted octanol–water partition coefficient (Wildman–Crippen LogP) is 5.23. The minimum absolute atomic E-state index is 0.635. The van der Waals surface area contributed by atoms with Crippen molar-refractivity contribution < 1.29 is 14.6 Å². The molecular formula is C22H20ClNO3. The van der Waals surface area contributed by atoms with Crippen LogP contribution in [0.15, 0.2) is 54.7 Å². The largest absolute Gasteiger partial charge is 0.493 e. The zero-order valence-electron chi connectivity index (χ0n) is 14.8. The summed E-state index contributed by atoms with van der Waals surface area (Å²) in [5.41, 5.74) is 2.95. The van der Waals surface area contributed by atoms with Gasteiger partial charge in [0.2, 0.25) is 0 Å². The third-order valence-corrected chi connectivity index (χ3v) is 5.02. The van der Waals surface area contributed by atoms with Crippen LogP contribution < -0.4 is 4.74 Å². The van der Waals surface area contributed by atoms with E-state index in [1.165, 1.54) is 12.8 Å². The van der Waals surface area contributed by atoms with Crippen molar-refractivity contribution in [2.75, 3.05) is 6.61 Å². The number of ether oxygens (including phenoxy) is 1. The maximum atomic E-state index is 10.8. The molecule has 3 aromatic rings. The number of aliphatic carboxylic acids is 1. The molecule has 1 heterocycles. The molecule has 1 aliphatic carbocycles. The van der Waals surface area contributed by atoms with Gasteiger partial charge in [-0.2, -0.15) is 0 Å². The monoisotopic (exact) mass is 381 g/mol. The number of carbonyl (C=O) groups is 1. The summed E-state index contributed by atoms with van der Waals surface area (Å²) in [5.74, 6) is 0.599. The molecule has 0 atom stereocenters. The zero-order valence-corrected chi connectivity index (χ0v) is 15.5. The van der Waals surface area contributed by atoms with Crippen molar-refractivity contribution in [2.24, 2.45) is 5.92 Å². The fourth-order valence-electron chi connectivity index (χ4n) is 3.18. The first-order valence-corrected chi connectivity index (χ1v) is 9.38. The van der Waals surface area contributed by atoms with Crippen molar-refractivity contribution in [3.05, 3.63) is 70.9 Å². The molecule has 1 fully saturated rings. The lowest BCUT2D eigenvalue weighted by molar-refractivity contribution is -0.131. The van der Waals surface area contributed by atoms with E-state index in [9.17, 15) is 4.79 Å². The Morgan fingerprint density at radius 1 is 1.26 bits per heavy atom. The Balaban J connectivity index is 1.64. The Hall–Kier alpha value is -2.72. The Morgan fingerprint density at radius 3 is 2.89 bits per heavy atom. The summed E-state index contributed by atoms with van der Waals surface area (Å²) in [4.78, 5) is 10.8. The summed E-state index contributed by atoms with van der Waals surface area (Å²) in [6.45, 7) is 1.39. The number of hydrogen-bond donors (Lipinski definition) is 1. The SMILES string of the molecule is O=C(O)/C=C/c1cccc2c1ccn2Cc1cc(Cl)ccc1OCC1CC1. The van der Waals surface area contributed by atoms with Gasteiger partial charge in [0, 0.05) is 33.8 Å². The van der Waals surface area contributed by atoms with Gasteiger partial charge in [0.15, 0.2) is 0 Å². The molecule has 5 heteroatoms. The fourth-order valence-corrected chi connectivity index (χ4v) is 3.37. The van der Waals surface area contributed by atoms with Crippen molar-refractivity contribution in [1.29, 1.82) is 0 Å². The fraction of sp³-hybridized carbons (Fsp3) is 0.227. The minimum atomic E-state index is -0.956. The number of aromatic nitrogens is 1. The average molecular weight is 382 g/mol. The van der Waals surface area contributed by atoms with Gasteiger partial charge in [-0.25, -0.2) is 4.79 Å². The van der Waals surface area contributed by atoms with Crippen molar-refractivity contribution in [3.63, 3.8) is 0 Å². The van der Waals surface area contributed by atoms with Crippen LogP contribution in [0.2, 0.25) is 5.02 Å². The van der Waals surface area contributed by atoms with Gasteiger partial charge in [-0.3, -0.25) is 0 Å². The lowest BCUT2D eigenvalue weighted by Gasteiger charge is -2.13.